The monoisotopic (exact) mass is 338 g/mol. The zero-order valence-electron chi connectivity index (χ0n) is 13.8. The first kappa shape index (κ1) is 14.7. The van der Waals surface area contributed by atoms with Crippen LogP contribution in [0.25, 0.3) is 22.4 Å². The van der Waals surface area contributed by atoms with Gasteiger partial charge in [-0.1, -0.05) is 6.07 Å². The first-order valence-corrected chi connectivity index (χ1v) is 8.30. The summed E-state index contributed by atoms with van der Waals surface area (Å²) < 4.78 is 0. The smallest absolute Gasteiger partial charge is 0.165 e. The van der Waals surface area contributed by atoms with Crippen LogP contribution in [0.15, 0.2) is 66.0 Å². The molecule has 0 unspecified atom stereocenters. The number of anilines is 2. The van der Waals surface area contributed by atoms with E-state index in [1.165, 1.54) is 5.56 Å². The summed E-state index contributed by atoms with van der Waals surface area (Å²) in [7, 11) is 0. The standard InChI is InChI=1S/C20H14N6/c1-2-17-19(23-7-1)25-18(13-5-8-21-9-6-13)26-20(17)24-16-4-3-14-11-22-12-15(14)10-16/h1-10,12H,11H2,(H,23,24,25,26). The lowest BCUT2D eigenvalue weighted by molar-refractivity contribution is 1.11. The number of fused-ring (bicyclic) bond motifs is 2. The molecule has 0 saturated heterocycles. The van der Waals surface area contributed by atoms with Gasteiger partial charge in [0.2, 0.25) is 0 Å². The number of nitrogens with zero attached hydrogens (tertiary/aromatic N) is 5. The maximum Gasteiger partial charge on any atom is 0.165 e. The predicted octanol–water partition coefficient (Wildman–Crippen LogP) is 3.76. The molecule has 0 bridgehead atoms. The van der Waals surface area contributed by atoms with Gasteiger partial charge in [0, 0.05) is 36.1 Å². The Hall–Kier alpha value is -3.67. The average Bonchev–Trinajstić information content (AvgIpc) is 3.16. The lowest BCUT2D eigenvalue weighted by Crippen LogP contribution is -2.01. The molecule has 4 aromatic rings. The van der Waals surface area contributed by atoms with Crippen molar-refractivity contribution in [2.45, 2.75) is 6.54 Å². The Morgan fingerprint density at radius 3 is 2.77 bits per heavy atom. The highest BCUT2D eigenvalue weighted by atomic mass is 15.1. The molecule has 0 fully saturated rings. The highest BCUT2D eigenvalue weighted by Gasteiger charge is 2.12. The third-order valence-electron chi connectivity index (χ3n) is 4.31. The van der Waals surface area contributed by atoms with Gasteiger partial charge in [0.05, 0.1) is 11.9 Å². The van der Waals surface area contributed by atoms with Gasteiger partial charge < -0.3 is 5.32 Å². The van der Waals surface area contributed by atoms with E-state index in [9.17, 15) is 0 Å². The van der Waals surface area contributed by atoms with E-state index in [4.69, 9.17) is 4.98 Å². The van der Waals surface area contributed by atoms with Gasteiger partial charge in [-0.15, -0.1) is 0 Å². The molecule has 0 radical (unpaired) electrons. The van der Waals surface area contributed by atoms with Crippen molar-refractivity contribution in [2.24, 2.45) is 4.99 Å². The number of nitrogens with one attached hydrogen (secondary N) is 1. The number of hydrogen-bond acceptors (Lipinski definition) is 6. The second-order valence-corrected chi connectivity index (χ2v) is 6.01. The largest absolute Gasteiger partial charge is 0.340 e. The zero-order valence-corrected chi connectivity index (χ0v) is 13.8. The summed E-state index contributed by atoms with van der Waals surface area (Å²) in [5.74, 6) is 1.34. The van der Waals surface area contributed by atoms with E-state index in [0.717, 1.165) is 34.6 Å². The molecule has 3 aromatic heterocycles. The van der Waals surface area contributed by atoms with Crippen LogP contribution in [-0.2, 0) is 6.54 Å². The summed E-state index contributed by atoms with van der Waals surface area (Å²) in [6.45, 7) is 0.752. The van der Waals surface area contributed by atoms with Crippen LogP contribution in [0.2, 0.25) is 0 Å². The van der Waals surface area contributed by atoms with Gasteiger partial charge in [-0.3, -0.25) is 9.98 Å². The minimum Gasteiger partial charge on any atom is -0.340 e. The minimum absolute atomic E-state index is 0.615. The summed E-state index contributed by atoms with van der Waals surface area (Å²) >= 11 is 0. The van der Waals surface area contributed by atoms with Gasteiger partial charge in [-0.05, 0) is 47.5 Å². The molecule has 26 heavy (non-hydrogen) atoms. The molecule has 0 aliphatic carbocycles. The minimum atomic E-state index is 0.615. The highest BCUT2D eigenvalue weighted by molar-refractivity contribution is 5.91. The van der Waals surface area contributed by atoms with Crippen LogP contribution in [0.1, 0.15) is 11.1 Å². The van der Waals surface area contributed by atoms with E-state index in [-0.39, 0.29) is 0 Å². The Labute approximate surface area is 149 Å². The fraction of sp³-hybridized carbons (Fsp3) is 0.0500. The third kappa shape index (κ3) is 2.57. The number of benzene rings is 1. The molecule has 5 rings (SSSR count). The van der Waals surface area contributed by atoms with Crippen LogP contribution >= 0.6 is 0 Å². The molecular formula is C20H14N6. The first-order valence-electron chi connectivity index (χ1n) is 8.30. The van der Waals surface area contributed by atoms with Crippen LogP contribution in [0.4, 0.5) is 11.5 Å². The summed E-state index contributed by atoms with van der Waals surface area (Å²) in [5, 5.41) is 4.29. The predicted molar refractivity (Wildman–Crippen MR) is 102 cm³/mol. The molecule has 0 saturated carbocycles. The number of rotatable bonds is 3. The number of hydrogen-bond donors (Lipinski definition) is 1. The zero-order chi connectivity index (χ0) is 17.3. The van der Waals surface area contributed by atoms with Gasteiger partial charge in [-0.2, -0.15) is 0 Å². The normalized spacial score (nSPS) is 12.3. The Morgan fingerprint density at radius 1 is 0.923 bits per heavy atom. The number of pyridine rings is 2. The van der Waals surface area contributed by atoms with Crippen LogP contribution in [0.5, 0.6) is 0 Å². The van der Waals surface area contributed by atoms with Crippen molar-refractivity contribution in [3.63, 3.8) is 0 Å². The van der Waals surface area contributed by atoms with Crippen LogP contribution < -0.4 is 5.32 Å². The molecule has 1 aliphatic heterocycles. The molecule has 0 atom stereocenters. The average molecular weight is 338 g/mol. The maximum absolute atomic E-state index is 4.74. The molecule has 4 heterocycles. The van der Waals surface area contributed by atoms with Gasteiger partial charge in [0.1, 0.15) is 5.82 Å². The van der Waals surface area contributed by atoms with E-state index in [1.54, 1.807) is 18.6 Å². The second kappa shape index (κ2) is 6.00. The SMILES string of the molecule is C1=NCc2ccc(Nc3nc(-c4ccncc4)nc4ncccc34)cc21. The van der Waals surface area contributed by atoms with Crippen LogP contribution in [-0.4, -0.2) is 26.2 Å². The van der Waals surface area contributed by atoms with Gasteiger partial charge in [-0.25, -0.2) is 15.0 Å². The van der Waals surface area contributed by atoms with Crippen molar-refractivity contribution < 1.29 is 0 Å². The van der Waals surface area contributed by atoms with E-state index >= 15 is 0 Å². The molecule has 0 spiro atoms. The van der Waals surface area contributed by atoms with Crippen molar-refractivity contribution in [1.29, 1.82) is 0 Å². The molecule has 1 aromatic carbocycles. The van der Waals surface area contributed by atoms with Crippen molar-refractivity contribution >= 4 is 28.8 Å². The van der Waals surface area contributed by atoms with Crippen molar-refractivity contribution in [3.8, 4) is 11.4 Å². The maximum atomic E-state index is 4.74. The van der Waals surface area contributed by atoms with Gasteiger partial charge >= 0.3 is 0 Å². The summed E-state index contributed by atoms with van der Waals surface area (Å²) in [6.07, 6.45) is 7.10. The van der Waals surface area contributed by atoms with Crippen LogP contribution in [0, 0.1) is 0 Å². The molecular weight excluding hydrogens is 324 g/mol. The molecule has 6 nitrogen and oxygen atoms in total. The van der Waals surface area contributed by atoms with E-state index in [0.29, 0.717) is 11.5 Å². The first-order chi connectivity index (χ1) is 12.9. The van der Waals surface area contributed by atoms with Crippen LogP contribution in [0.3, 0.4) is 0 Å². The summed E-state index contributed by atoms with van der Waals surface area (Å²) in [6, 6.07) is 13.9. The molecule has 124 valence electrons. The van der Waals surface area contributed by atoms with E-state index < -0.39 is 0 Å². The second-order valence-electron chi connectivity index (χ2n) is 6.01. The lowest BCUT2D eigenvalue weighted by Gasteiger charge is -2.11. The Bertz CT molecular complexity index is 1140. The van der Waals surface area contributed by atoms with Gasteiger partial charge in [0.25, 0.3) is 0 Å². The van der Waals surface area contributed by atoms with Gasteiger partial charge in [0.15, 0.2) is 11.5 Å². The van der Waals surface area contributed by atoms with Crippen molar-refractivity contribution in [2.75, 3.05) is 5.32 Å². The van der Waals surface area contributed by atoms with Crippen molar-refractivity contribution in [3.05, 3.63) is 72.2 Å². The summed E-state index contributed by atoms with van der Waals surface area (Å²) in [5.41, 5.74) is 4.89. The van der Waals surface area contributed by atoms with E-state index in [1.807, 2.05) is 36.5 Å². The third-order valence-corrected chi connectivity index (χ3v) is 4.31. The molecule has 0 amide bonds. The number of aromatic nitrogens is 4. The van der Waals surface area contributed by atoms with Crippen molar-refractivity contribution in [1.82, 2.24) is 19.9 Å². The van der Waals surface area contributed by atoms with E-state index in [2.05, 4.69) is 37.4 Å². The Kier molecular flexibility index (Phi) is 3.38. The number of aliphatic imine (C=N–C) groups is 1. The lowest BCUT2D eigenvalue weighted by atomic mass is 10.1. The summed E-state index contributed by atoms with van der Waals surface area (Å²) in [4.78, 5) is 22.1. The topological polar surface area (TPSA) is 76.0 Å². The Balaban J connectivity index is 1.63. The fourth-order valence-electron chi connectivity index (χ4n) is 3.00. The Morgan fingerprint density at radius 2 is 1.85 bits per heavy atom. The molecule has 6 heteroatoms. The molecule has 1 aliphatic rings. The quantitative estimate of drug-likeness (QED) is 0.615. The molecule has 1 N–H and O–H groups in total. The fourth-order valence-corrected chi connectivity index (χ4v) is 3.00. The highest BCUT2D eigenvalue weighted by Crippen LogP contribution is 2.27.